The number of carbonyl (C=O) groups excluding carboxylic acids is 1. The van der Waals surface area contributed by atoms with E-state index in [2.05, 4.69) is 65.7 Å². The van der Waals surface area contributed by atoms with Crippen LogP contribution in [0.1, 0.15) is 72.0 Å². The fraction of sp³-hybridized carbons (Fsp3) is 0.607. The van der Waals surface area contributed by atoms with E-state index in [0.29, 0.717) is 5.56 Å². The topological polar surface area (TPSA) is 121 Å². The van der Waals surface area contributed by atoms with Crippen molar-refractivity contribution >= 4 is 28.8 Å². The first kappa shape index (κ1) is 30.8. The second-order valence-electron chi connectivity index (χ2n) is 11.9. The van der Waals surface area contributed by atoms with Gasteiger partial charge in [-0.25, -0.2) is 4.79 Å². The van der Waals surface area contributed by atoms with Gasteiger partial charge in [-0.3, -0.25) is 9.36 Å². The van der Waals surface area contributed by atoms with E-state index in [0.717, 1.165) is 0 Å². The number of carbonyl (C=O) groups is 1. The molecule has 4 rings (SSSR count). The minimum absolute atomic E-state index is 0.0855. The Morgan fingerprint density at radius 3 is 2.12 bits per heavy atom. The third-order valence-electron chi connectivity index (χ3n) is 8.02. The van der Waals surface area contributed by atoms with Crippen LogP contribution in [0.2, 0.25) is 22.2 Å². The van der Waals surface area contributed by atoms with Gasteiger partial charge >= 0.3 is 22.8 Å². The van der Waals surface area contributed by atoms with Gasteiger partial charge < -0.3 is 28.1 Å². The standard InChI is InChI=1S/C28H43N3O7Si2/c1-17(2)39(18(3)4)35-16-22-25(37-40(38-39,19(5)6)20(7)8)24(32)27(36-22)31-15-14-23(30-28(31)34)29-26(33)21-12-10-9-11-13-21/h9-15,17-20,22,24-25,27,32H,16H2,1-8H3,(H,29,30,33,34)/t22-,24+,25-,27+/m0/s1. The van der Waals surface area contributed by atoms with Gasteiger partial charge in [-0.15, -0.1) is 0 Å². The summed E-state index contributed by atoms with van der Waals surface area (Å²) in [5.41, 5.74) is 0.300. The van der Waals surface area contributed by atoms with Crippen LogP contribution in [0.3, 0.4) is 0 Å². The number of rotatable bonds is 7. The Balaban J connectivity index is 1.64. The predicted molar refractivity (Wildman–Crippen MR) is 157 cm³/mol. The van der Waals surface area contributed by atoms with Crippen LogP contribution in [-0.4, -0.2) is 62.6 Å². The lowest BCUT2D eigenvalue weighted by Gasteiger charge is -2.51. The Morgan fingerprint density at radius 2 is 1.57 bits per heavy atom. The van der Waals surface area contributed by atoms with E-state index in [4.69, 9.17) is 17.7 Å². The summed E-state index contributed by atoms with van der Waals surface area (Å²) in [5, 5.41) is 14.1. The van der Waals surface area contributed by atoms with Crippen molar-refractivity contribution in [2.75, 3.05) is 11.9 Å². The van der Waals surface area contributed by atoms with Crippen molar-refractivity contribution < 1.29 is 27.6 Å². The molecular weight excluding hydrogens is 546 g/mol. The predicted octanol–water partition coefficient (Wildman–Crippen LogP) is 4.71. The number of aliphatic hydroxyl groups is 1. The van der Waals surface area contributed by atoms with E-state index in [-0.39, 0.29) is 40.5 Å². The molecule has 2 aliphatic heterocycles. The molecule has 0 unspecified atom stereocenters. The van der Waals surface area contributed by atoms with Crippen molar-refractivity contribution in [3.05, 3.63) is 58.6 Å². The summed E-state index contributed by atoms with van der Waals surface area (Å²) < 4.78 is 28.3. The Hall–Kier alpha value is -2.20. The zero-order valence-electron chi connectivity index (χ0n) is 24.7. The average molecular weight is 590 g/mol. The molecule has 0 aliphatic carbocycles. The molecule has 3 heterocycles. The van der Waals surface area contributed by atoms with Crippen LogP contribution in [0, 0.1) is 0 Å². The Kier molecular flexibility index (Phi) is 9.20. The fourth-order valence-electron chi connectivity index (χ4n) is 5.82. The molecule has 2 N–H and O–H groups in total. The monoisotopic (exact) mass is 589 g/mol. The number of aliphatic hydroxyl groups excluding tert-OH is 1. The number of amides is 1. The average Bonchev–Trinajstić information content (AvgIpc) is 3.18. The minimum atomic E-state index is -2.97. The van der Waals surface area contributed by atoms with Crippen LogP contribution in [0.25, 0.3) is 0 Å². The lowest BCUT2D eigenvalue weighted by atomic mass is 10.1. The normalized spacial score (nSPS) is 26.1. The molecule has 1 aromatic carbocycles. The zero-order valence-corrected chi connectivity index (χ0v) is 26.7. The molecule has 2 aromatic rings. The number of fused-ring (bicyclic) bond motifs is 1. The van der Waals surface area contributed by atoms with Crippen LogP contribution < -0.4 is 11.0 Å². The number of ether oxygens (including phenoxy) is 1. The van der Waals surface area contributed by atoms with E-state index in [1.54, 1.807) is 24.3 Å². The van der Waals surface area contributed by atoms with Crippen molar-refractivity contribution in [1.29, 1.82) is 0 Å². The summed E-state index contributed by atoms with van der Waals surface area (Å²) in [6.45, 7) is 17.2. The molecule has 2 fully saturated rings. The highest BCUT2D eigenvalue weighted by molar-refractivity contribution is 6.84. The van der Waals surface area contributed by atoms with Gasteiger partial charge in [0.25, 0.3) is 5.91 Å². The first-order valence-electron chi connectivity index (χ1n) is 14.1. The Bertz CT molecular complexity index is 1220. The van der Waals surface area contributed by atoms with Crippen LogP contribution in [0.5, 0.6) is 0 Å². The zero-order chi connectivity index (χ0) is 29.4. The summed E-state index contributed by atoms with van der Waals surface area (Å²) in [4.78, 5) is 29.6. The maximum absolute atomic E-state index is 13.1. The summed E-state index contributed by atoms with van der Waals surface area (Å²) in [7, 11) is -5.74. The van der Waals surface area contributed by atoms with Crippen molar-refractivity contribution in [2.45, 2.75) is 102 Å². The number of anilines is 1. The molecule has 40 heavy (non-hydrogen) atoms. The smallest absolute Gasteiger partial charge is 0.351 e. The van der Waals surface area contributed by atoms with Gasteiger partial charge in [0.05, 0.1) is 6.61 Å². The second kappa shape index (κ2) is 12.0. The third-order valence-corrected chi connectivity index (χ3v) is 18.3. The molecule has 1 amide bonds. The van der Waals surface area contributed by atoms with Crippen molar-refractivity contribution in [3.63, 3.8) is 0 Å². The Morgan fingerprint density at radius 1 is 0.975 bits per heavy atom. The van der Waals surface area contributed by atoms with Gasteiger partial charge in [0.1, 0.15) is 24.1 Å². The maximum Gasteiger partial charge on any atom is 0.351 e. The highest BCUT2D eigenvalue weighted by atomic mass is 28.5. The van der Waals surface area contributed by atoms with E-state index < -0.39 is 47.4 Å². The molecule has 12 heteroatoms. The van der Waals surface area contributed by atoms with Gasteiger partial charge in [0, 0.05) is 11.8 Å². The fourth-order valence-corrected chi connectivity index (χ4v) is 17.0. The molecule has 2 aliphatic rings. The van der Waals surface area contributed by atoms with Crippen LogP contribution in [-0.2, 0) is 17.7 Å². The van der Waals surface area contributed by atoms with Gasteiger partial charge in [-0.2, -0.15) is 4.98 Å². The molecule has 0 bridgehead atoms. The molecule has 0 saturated carbocycles. The number of aromatic nitrogens is 2. The van der Waals surface area contributed by atoms with Gasteiger partial charge in [0.15, 0.2) is 6.23 Å². The van der Waals surface area contributed by atoms with E-state index in [9.17, 15) is 14.7 Å². The minimum Gasteiger partial charge on any atom is -0.414 e. The molecular formula is C28H43N3O7Si2. The highest BCUT2D eigenvalue weighted by Crippen LogP contribution is 2.48. The van der Waals surface area contributed by atoms with E-state index >= 15 is 0 Å². The van der Waals surface area contributed by atoms with Crippen LogP contribution in [0.4, 0.5) is 5.82 Å². The quantitative estimate of drug-likeness (QED) is 0.446. The molecule has 220 valence electrons. The number of hydrogen-bond donors (Lipinski definition) is 2. The number of benzene rings is 1. The van der Waals surface area contributed by atoms with Crippen molar-refractivity contribution in [3.8, 4) is 0 Å². The largest absolute Gasteiger partial charge is 0.414 e. The number of nitrogens with zero attached hydrogens (tertiary/aromatic N) is 2. The molecule has 0 radical (unpaired) electrons. The lowest BCUT2D eigenvalue weighted by Crippen LogP contribution is -2.65. The second-order valence-corrected chi connectivity index (χ2v) is 20.8. The van der Waals surface area contributed by atoms with Gasteiger partial charge in [-0.05, 0) is 40.4 Å². The van der Waals surface area contributed by atoms with Crippen LogP contribution >= 0.6 is 0 Å². The van der Waals surface area contributed by atoms with E-state index in [1.807, 2.05) is 6.07 Å². The summed E-state index contributed by atoms with van der Waals surface area (Å²) in [6, 6.07) is 10.2. The van der Waals surface area contributed by atoms with Gasteiger partial charge in [0.2, 0.25) is 0 Å². The first-order chi connectivity index (χ1) is 18.8. The van der Waals surface area contributed by atoms with Crippen molar-refractivity contribution in [1.82, 2.24) is 9.55 Å². The molecule has 0 spiro atoms. The molecule has 2 saturated heterocycles. The molecule has 1 aromatic heterocycles. The van der Waals surface area contributed by atoms with Crippen LogP contribution in [0.15, 0.2) is 47.4 Å². The van der Waals surface area contributed by atoms with Crippen molar-refractivity contribution in [2.24, 2.45) is 0 Å². The SMILES string of the molecule is CC(C)[Si]1(C(C)C)OC[C@@H]2O[C@@H](n3ccc(NC(=O)c4ccccc4)nc3=O)[C@H](O)[C@H]2O[Si](C(C)C)(C(C)C)O1. The van der Waals surface area contributed by atoms with E-state index in [1.165, 1.54) is 16.8 Å². The number of hydrogen-bond acceptors (Lipinski definition) is 8. The van der Waals surface area contributed by atoms with Gasteiger partial charge in [-0.1, -0.05) is 73.6 Å². The number of nitrogens with one attached hydrogen (secondary N) is 1. The summed E-state index contributed by atoms with van der Waals surface area (Å²) in [6.07, 6.45) is -2.05. The molecule has 4 atom stereocenters. The summed E-state index contributed by atoms with van der Waals surface area (Å²) >= 11 is 0. The maximum atomic E-state index is 13.1. The lowest BCUT2D eigenvalue weighted by molar-refractivity contribution is -0.0600. The summed E-state index contributed by atoms with van der Waals surface area (Å²) in [5.74, 6) is -0.268. The Labute approximate surface area is 238 Å². The molecule has 10 nitrogen and oxygen atoms in total. The first-order valence-corrected chi connectivity index (χ1v) is 18.1. The third kappa shape index (κ3) is 5.63. The highest BCUT2D eigenvalue weighted by Gasteiger charge is 2.61.